The zero-order valence-corrected chi connectivity index (χ0v) is 17.9. The fourth-order valence-corrected chi connectivity index (χ4v) is 4.32. The Labute approximate surface area is 190 Å². The molecule has 3 aromatic carbocycles. The molecule has 0 spiro atoms. The molecule has 1 aliphatic rings. The summed E-state index contributed by atoms with van der Waals surface area (Å²) in [5, 5.41) is 15.5. The molecule has 8 nitrogen and oxygen atoms in total. The highest BCUT2D eigenvalue weighted by Gasteiger charge is 2.39. The molecule has 2 atom stereocenters. The second kappa shape index (κ2) is 8.31. The van der Waals surface area contributed by atoms with Gasteiger partial charge in [-0.25, -0.2) is 4.68 Å². The van der Waals surface area contributed by atoms with E-state index >= 15 is 0 Å². The van der Waals surface area contributed by atoms with Crippen molar-refractivity contribution in [2.45, 2.75) is 25.4 Å². The Balaban J connectivity index is 1.62. The summed E-state index contributed by atoms with van der Waals surface area (Å²) in [6.07, 6.45) is 2.07. The summed E-state index contributed by atoms with van der Waals surface area (Å²) in [6.45, 7) is 2.02. The van der Waals surface area contributed by atoms with Gasteiger partial charge in [0, 0.05) is 17.7 Å². The molecule has 2 unspecified atom stereocenters. The van der Waals surface area contributed by atoms with E-state index in [4.69, 9.17) is 0 Å². The van der Waals surface area contributed by atoms with Crippen molar-refractivity contribution in [2.24, 2.45) is 0 Å². The van der Waals surface area contributed by atoms with Gasteiger partial charge in [0.1, 0.15) is 6.33 Å². The minimum atomic E-state index is -0.481. The monoisotopic (exact) mass is 439 g/mol. The fraction of sp³-hybridized carbons (Fsp3) is 0.160. The first kappa shape index (κ1) is 20.6. The third-order valence-corrected chi connectivity index (χ3v) is 6.01. The van der Waals surface area contributed by atoms with Gasteiger partial charge in [-0.1, -0.05) is 60.2 Å². The zero-order valence-electron chi connectivity index (χ0n) is 17.9. The Morgan fingerprint density at radius 1 is 0.939 bits per heavy atom. The molecule has 0 bridgehead atoms. The zero-order chi connectivity index (χ0) is 22.9. The highest BCUT2D eigenvalue weighted by atomic mass is 16.6. The van der Waals surface area contributed by atoms with Crippen LogP contribution in [0.3, 0.4) is 0 Å². The third kappa shape index (κ3) is 3.76. The number of rotatable bonds is 4. The quantitative estimate of drug-likeness (QED) is 0.334. The standard InChI is InChI=1S/C25H21N5O3/c1-17-7-9-19(10-8-17)22-15-23(18-5-3-2-4-6-18)29-25(26-16-27-29)28(22)24(31)20-11-13-21(14-12-20)30(32)33/h2-14,16,22-23H,15H2,1H3. The van der Waals surface area contributed by atoms with Gasteiger partial charge in [-0.15, -0.1) is 0 Å². The van der Waals surface area contributed by atoms with Crippen LogP contribution < -0.4 is 4.90 Å². The molecule has 1 aromatic heterocycles. The lowest BCUT2D eigenvalue weighted by Gasteiger charge is -2.39. The number of fused-ring (bicyclic) bond motifs is 1. The molecule has 4 aromatic rings. The molecule has 8 heteroatoms. The number of hydrogen-bond acceptors (Lipinski definition) is 5. The van der Waals surface area contributed by atoms with E-state index in [-0.39, 0.29) is 23.7 Å². The average molecular weight is 439 g/mol. The minimum absolute atomic E-state index is 0.0624. The van der Waals surface area contributed by atoms with Crippen LogP contribution in [0, 0.1) is 17.0 Å². The fourth-order valence-electron chi connectivity index (χ4n) is 4.32. The maximum Gasteiger partial charge on any atom is 0.269 e. The predicted octanol–water partition coefficient (Wildman–Crippen LogP) is 4.88. The van der Waals surface area contributed by atoms with Crippen LogP contribution in [0.1, 0.15) is 45.6 Å². The molecule has 0 fully saturated rings. The molecule has 164 valence electrons. The lowest BCUT2D eigenvalue weighted by Crippen LogP contribution is -2.42. The van der Waals surface area contributed by atoms with E-state index in [0.717, 1.165) is 16.7 Å². The number of anilines is 1. The van der Waals surface area contributed by atoms with E-state index in [2.05, 4.69) is 22.2 Å². The van der Waals surface area contributed by atoms with Crippen LogP contribution in [0.4, 0.5) is 11.6 Å². The summed E-state index contributed by atoms with van der Waals surface area (Å²) in [5.74, 6) is 0.167. The summed E-state index contributed by atoms with van der Waals surface area (Å²) >= 11 is 0. The largest absolute Gasteiger partial charge is 0.269 e. The van der Waals surface area contributed by atoms with Crippen LogP contribution in [0.5, 0.6) is 0 Å². The van der Waals surface area contributed by atoms with Crippen LogP contribution in [0.15, 0.2) is 85.2 Å². The van der Waals surface area contributed by atoms with Gasteiger partial charge in [0.2, 0.25) is 5.95 Å². The second-order valence-electron chi connectivity index (χ2n) is 8.07. The first-order valence-electron chi connectivity index (χ1n) is 10.6. The SMILES string of the molecule is Cc1ccc(C2CC(c3ccccc3)n3ncnc3N2C(=O)c2ccc([N+](=O)[O-])cc2)cc1. The Morgan fingerprint density at radius 3 is 2.27 bits per heavy atom. The van der Waals surface area contributed by atoms with Crippen molar-refractivity contribution in [3.05, 3.63) is 118 Å². The Bertz CT molecular complexity index is 1300. The van der Waals surface area contributed by atoms with Crippen LogP contribution in [0.25, 0.3) is 0 Å². The molecule has 5 rings (SSSR count). The number of hydrogen-bond donors (Lipinski definition) is 0. The van der Waals surface area contributed by atoms with Gasteiger partial charge in [-0.05, 0) is 36.6 Å². The Morgan fingerprint density at radius 2 is 1.61 bits per heavy atom. The summed E-state index contributed by atoms with van der Waals surface area (Å²) in [4.78, 5) is 30.4. The highest BCUT2D eigenvalue weighted by molar-refractivity contribution is 6.06. The van der Waals surface area contributed by atoms with Gasteiger partial charge >= 0.3 is 0 Å². The number of non-ortho nitro benzene ring substituents is 1. The van der Waals surface area contributed by atoms with Crippen LogP contribution in [-0.2, 0) is 0 Å². The number of aryl methyl sites for hydroxylation is 1. The molecule has 1 amide bonds. The number of aromatic nitrogens is 3. The lowest BCUT2D eigenvalue weighted by atomic mass is 9.91. The van der Waals surface area contributed by atoms with Crippen molar-refractivity contribution in [3.8, 4) is 0 Å². The maximum absolute atomic E-state index is 13.7. The molecule has 0 saturated heterocycles. The Kier molecular flexibility index (Phi) is 5.18. The van der Waals surface area contributed by atoms with Crippen LogP contribution in [-0.4, -0.2) is 25.6 Å². The van der Waals surface area contributed by atoms with Crippen molar-refractivity contribution in [1.82, 2.24) is 14.8 Å². The minimum Gasteiger partial charge on any atom is -0.269 e. The number of benzene rings is 3. The predicted molar refractivity (Wildman–Crippen MR) is 123 cm³/mol. The van der Waals surface area contributed by atoms with E-state index in [1.807, 2.05) is 49.4 Å². The highest BCUT2D eigenvalue weighted by Crippen LogP contribution is 2.42. The summed E-state index contributed by atoms with van der Waals surface area (Å²) < 4.78 is 1.78. The van der Waals surface area contributed by atoms with Gasteiger partial charge in [0.25, 0.3) is 11.6 Å². The van der Waals surface area contributed by atoms with E-state index in [1.165, 1.54) is 30.6 Å². The molecule has 1 aliphatic heterocycles. The molecule has 33 heavy (non-hydrogen) atoms. The molecular weight excluding hydrogens is 418 g/mol. The molecular formula is C25H21N5O3. The number of carbonyl (C=O) groups excluding carboxylic acids is 1. The van der Waals surface area contributed by atoms with E-state index < -0.39 is 4.92 Å². The normalized spacial score (nSPS) is 17.4. The van der Waals surface area contributed by atoms with Crippen LogP contribution >= 0.6 is 0 Å². The molecule has 0 N–H and O–H groups in total. The van der Waals surface area contributed by atoms with Gasteiger partial charge in [0.05, 0.1) is 17.0 Å². The number of nitrogens with zero attached hydrogens (tertiary/aromatic N) is 5. The molecule has 0 saturated carbocycles. The number of carbonyl (C=O) groups is 1. The van der Waals surface area contributed by atoms with Crippen molar-refractivity contribution >= 4 is 17.5 Å². The van der Waals surface area contributed by atoms with Gasteiger partial charge in [0.15, 0.2) is 0 Å². The topological polar surface area (TPSA) is 94.2 Å². The molecule has 0 radical (unpaired) electrons. The maximum atomic E-state index is 13.7. The van der Waals surface area contributed by atoms with Crippen LogP contribution in [0.2, 0.25) is 0 Å². The lowest BCUT2D eigenvalue weighted by molar-refractivity contribution is -0.384. The third-order valence-electron chi connectivity index (χ3n) is 6.01. The molecule has 0 aliphatic carbocycles. The summed E-state index contributed by atoms with van der Waals surface area (Å²) in [7, 11) is 0. The smallest absolute Gasteiger partial charge is 0.269 e. The summed E-state index contributed by atoms with van der Waals surface area (Å²) in [6, 6.07) is 23.4. The first-order valence-corrected chi connectivity index (χ1v) is 10.6. The van der Waals surface area contributed by atoms with Gasteiger partial charge in [-0.3, -0.25) is 19.8 Å². The second-order valence-corrected chi connectivity index (χ2v) is 8.07. The van der Waals surface area contributed by atoms with Crippen molar-refractivity contribution in [3.63, 3.8) is 0 Å². The van der Waals surface area contributed by atoms with Crippen molar-refractivity contribution in [1.29, 1.82) is 0 Å². The average Bonchev–Trinajstić information content (AvgIpc) is 3.33. The van der Waals surface area contributed by atoms with E-state index in [1.54, 1.807) is 9.58 Å². The van der Waals surface area contributed by atoms with Crippen molar-refractivity contribution in [2.75, 3.05) is 4.90 Å². The van der Waals surface area contributed by atoms with Gasteiger partial charge in [-0.2, -0.15) is 10.1 Å². The first-order chi connectivity index (χ1) is 16.0. The Hall–Kier alpha value is -4.33. The number of nitro groups is 1. The van der Waals surface area contributed by atoms with Gasteiger partial charge < -0.3 is 0 Å². The number of amides is 1. The number of nitro benzene ring substituents is 1. The van der Waals surface area contributed by atoms with E-state index in [9.17, 15) is 14.9 Å². The molecule has 2 heterocycles. The van der Waals surface area contributed by atoms with Crippen molar-refractivity contribution < 1.29 is 9.72 Å². The summed E-state index contributed by atoms with van der Waals surface area (Å²) in [5.41, 5.74) is 3.50. The van der Waals surface area contributed by atoms with E-state index in [0.29, 0.717) is 17.9 Å².